The number of carbonyl (C=O) groups is 3. The normalized spacial score (nSPS) is 10.7. The van der Waals surface area contributed by atoms with Crippen molar-refractivity contribution >= 4 is 35.6 Å². The summed E-state index contributed by atoms with van der Waals surface area (Å²) in [5.74, 6) is -1.85. The number of urea groups is 1. The van der Waals surface area contributed by atoms with Crippen LogP contribution in [-0.4, -0.2) is 31.1 Å². The molecule has 1 aromatic rings. The SMILES string of the molecule is CC(C)CNC(=O)NC(=O)COC(=O)/C=C/c1ccc(F)c(Cl)c1. The van der Waals surface area contributed by atoms with E-state index >= 15 is 0 Å². The first-order valence-electron chi connectivity index (χ1n) is 7.15. The van der Waals surface area contributed by atoms with Crippen LogP contribution in [-0.2, 0) is 14.3 Å². The van der Waals surface area contributed by atoms with Crippen LogP contribution in [0.1, 0.15) is 19.4 Å². The molecule has 3 amide bonds. The fourth-order valence-corrected chi connectivity index (χ4v) is 1.66. The molecule has 0 aliphatic carbocycles. The smallest absolute Gasteiger partial charge is 0.331 e. The molecule has 130 valence electrons. The fourth-order valence-electron chi connectivity index (χ4n) is 1.47. The number of imide groups is 1. The summed E-state index contributed by atoms with van der Waals surface area (Å²) in [5.41, 5.74) is 0.496. The van der Waals surface area contributed by atoms with E-state index in [1.807, 2.05) is 19.2 Å². The molecule has 2 N–H and O–H groups in total. The van der Waals surface area contributed by atoms with Gasteiger partial charge in [-0.1, -0.05) is 31.5 Å². The van der Waals surface area contributed by atoms with E-state index in [0.717, 1.165) is 12.1 Å². The molecule has 0 bridgehead atoms. The van der Waals surface area contributed by atoms with Crippen LogP contribution in [0.4, 0.5) is 9.18 Å². The van der Waals surface area contributed by atoms with Gasteiger partial charge in [0, 0.05) is 12.6 Å². The first-order valence-corrected chi connectivity index (χ1v) is 7.53. The summed E-state index contributed by atoms with van der Waals surface area (Å²) in [5, 5.41) is 4.45. The van der Waals surface area contributed by atoms with Gasteiger partial charge in [0.1, 0.15) is 5.82 Å². The quantitative estimate of drug-likeness (QED) is 0.606. The van der Waals surface area contributed by atoms with Gasteiger partial charge in [-0.3, -0.25) is 10.1 Å². The standard InChI is InChI=1S/C16H18ClFN2O4/c1-10(2)8-19-16(23)20-14(21)9-24-15(22)6-4-11-3-5-13(18)12(17)7-11/h3-7,10H,8-9H2,1-2H3,(H2,19,20,21,23)/b6-4+. The lowest BCUT2D eigenvalue weighted by molar-refractivity contribution is -0.143. The number of esters is 1. The first kappa shape index (κ1) is 19.6. The van der Waals surface area contributed by atoms with Crippen LogP contribution in [0.25, 0.3) is 6.08 Å². The Kier molecular flexibility index (Phi) is 7.91. The molecule has 0 aliphatic rings. The Hall–Kier alpha value is -2.41. The molecule has 0 unspecified atom stereocenters. The Labute approximate surface area is 144 Å². The highest BCUT2D eigenvalue weighted by Gasteiger charge is 2.09. The molecule has 0 saturated heterocycles. The third-order valence-electron chi connectivity index (χ3n) is 2.62. The highest BCUT2D eigenvalue weighted by molar-refractivity contribution is 6.30. The second-order valence-electron chi connectivity index (χ2n) is 5.27. The van der Waals surface area contributed by atoms with Gasteiger partial charge < -0.3 is 10.1 Å². The maximum absolute atomic E-state index is 13.0. The second-order valence-corrected chi connectivity index (χ2v) is 5.67. The van der Waals surface area contributed by atoms with E-state index in [0.29, 0.717) is 12.1 Å². The minimum Gasteiger partial charge on any atom is -0.452 e. The van der Waals surface area contributed by atoms with Crippen LogP contribution in [0.5, 0.6) is 0 Å². The molecule has 8 heteroatoms. The van der Waals surface area contributed by atoms with Crippen molar-refractivity contribution in [3.63, 3.8) is 0 Å². The number of benzene rings is 1. The molecule has 0 atom stereocenters. The van der Waals surface area contributed by atoms with Crippen molar-refractivity contribution < 1.29 is 23.5 Å². The summed E-state index contributed by atoms with van der Waals surface area (Å²) >= 11 is 5.61. The molecule has 0 fully saturated rings. The molecule has 0 aliphatic heterocycles. The molecule has 24 heavy (non-hydrogen) atoms. The van der Waals surface area contributed by atoms with Crippen LogP contribution in [0.3, 0.4) is 0 Å². The summed E-state index contributed by atoms with van der Waals surface area (Å²) in [6.07, 6.45) is 2.43. The molecule has 0 spiro atoms. The van der Waals surface area contributed by atoms with Crippen molar-refractivity contribution in [3.8, 4) is 0 Å². The molecule has 0 heterocycles. The molecular weight excluding hydrogens is 339 g/mol. The van der Waals surface area contributed by atoms with Gasteiger partial charge in [0.25, 0.3) is 5.91 Å². The van der Waals surface area contributed by atoms with Gasteiger partial charge in [-0.05, 0) is 29.7 Å². The highest BCUT2D eigenvalue weighted by atomic mass is 35.5. The van der Waals surface area contributed by atoms with Crippen LogP contribution in [0.2, 0.25) is 5.02 Å². The van der Waals surface area contributed by atoms with Gasteiger partial charge in [0.15, 0.2) is 6.61 Å². The van der Waals surface area contributed by atoms with Gasteiger partial charge in [-0.2, -0.15) is 0 Å². The number of nitrogens with one attached hydrogen (secondary N) is 2. The molecule has 1 aromatic carbocycles. The topological polar surface area (TPSA) is 84.5 Å². The van der Waals surface area contributed by atoms with Gasteiger partial charge in [0.2, 0.25) is 0 Å². The Bertz CT molecular complexity index is 647. The molecule has 0 radical (unpaired) electrons. The van der Waals surface area contributed by atoms with Crippen LogP contribution in [0.15, 0.2) is 24.3 Å². The lowest BCUT2D eigenvalue weighted by Crippen LogP contribution is -2.42. The Balaban J connectivity index is 2.37. The predicted molar refractivity (Wildman–Crippen MR) is 87.8 cm³/mol. The average Bonchev–Trinajstić information content (AvgIpc) is 2.52. The van der Waals surface area contributed by atoms with Crippen molar-refractivity contribution in [1.29, 1.82) is 0 Å². The second kappa shape index (κ2) is 9.67. The minimum absolute atomic E-state index is 0.0719. The summed E-state index contributed by atoms with van der Waals surface area (Å²) in [7, 11) is 0. The molecular formula is C16H18ClFN2O4. The number of hydrogen-bond acceptors (Lipinski definition) is 4. The maximum atomic E-state index is 13.0. The van der Waals surface area contributed by atoms with E-state index in [4.69, 9.17) is 11.6 Å². The van der Waals surface area contributed by atoms with Gasteiger partial charge in [-0.15, -0.1) is 0 Å². The Morgan fingerprint density at radius 1 is 1.33 bits per heavy atom. The zero-order valence-electron chi connectivity index (χ0n) is 13.3. The van der Waals surface area contributed by atoms with Crippen LogP contribution in [0, 0.1) is 11.7 Å². The molecule has 0 saturated carbocycles. The number of halogens is 2. The third kappa shape index (κ3) is 7.73. The lowest BCUT2D eigenvalue weighted by atomic mass is 10.2. The van der Waals surface area contributed by atoms with Gasteiger partial charge >= 0.3 is 12.0 Å². The van der Waals surface area contributed by atoms with Gasteiger partial charge in [0.05, 0.1) is 5.02 Å². The average molecular weight is 357 g/mol. The summed E-state index contributed by atoms with van der Waals surface area (Å²) in [4.78, 5) is 34.2. The number of hydrogen-bond donors (Lipinski definition) is 2. The summed E-state index contributed by atoms with van der Waals surface area (Å²) in [6, 6.07) is 3.28. The van der Waals surface area contributed by atoms with E-state index in [1.165, 1.54) is 18.2 Å². The zero-order chi connectivity index (χ0) is 18.1. The summed E-state index contributed by atoms with van der Waals surface area (Å²) < 4.78 is 17.7. The number of ether oxygens (including phenoxy) is 1. The van der Waals surface area contributed by atoms with Crippen molar-refractivity contribution in [1.82, 2.24) is 10.6 Å². The first-order chi connectivity index (χ1) is 11.3. The van der Waals surface area contributed by atoms with Crippen LogP contribution >= 0.6 is 11.6 Å². The number of carbonyl (C=O) groups excluding carboxylic acids is 3. The van der Waals surface area contributed by atoms with E-state index in [1.54, 1.807) is 0 Å². The monoisotopic (exact) mass is 356 g/mol. The minimum atomic E-state index is -0.784. The zero-order valence-corrected chi connectivity index (χ0v) is 14.0. The van der Waals surface area contributed by atoms with E-state index in [9.17, 15) is 18.8 Å². The number of amides is 3. The van der Waals surface area contributed by atoms with Gasteiger partial charge in [-0.25, -0.2) is 14.0 Å². The van der Waals surface area contributed by atoms with Crippen molar-refractivity contribution in [3.05, 3.63) is 40.7 Å². The van der Waals surface area contributed by atoms with E-state index in [-0.39, 0.29) is 10.9 Å². The van der Waals surface area contributed by atoms with E-state index < -0.39 is 30.3 Å². The lowest BCUT2D eigenvalue weighted by Gasteiger charge is -2.08. The fraction of sp³-hybridized carbons (Fsp3) is 0.312. The number of rotatable bonds is 6. The molecule has 6 nitrogen and oxygen atoms in total. The van der Waals surface area contributed by atoms with Crippen molar-refractivity contribution in [2.24, 2.45) is 5.92 Å². The Morgan fingerprint density at radius 2 is 2.04 bits per heavy atom. The predicted octanol–water partition coefficient (Wildman–Crippen LogP) is 2.52. The summed E-state index contributed by atoms with van der Waals surface area (Å²) in [6.45, 7) is 3.64. The molecule has 1 rings (SSSR count). The molecule has 0 aromatic heterocycles. The highest BCUT2D eigenvalue weighted by Crippen LogP contribution is 2.16. The Morgan fingerprint density at radius 3 is 2.67 bits per heavy atom. The third-order valence-corrected chi connectivity index (χ3v) is 2.91. The largest absolute Gasteiger partial charge is 0.452 e. The van der Waals surface area contributed by atoms with Crippen molar-refractivity contribution in [2.45, 2.75) is 13.8 Å². The maximum Gasteiger partial charge on any atom is 0.331 e. The van der Waals surface area contributed by atoms with Crippen molar-refractivity contribution in [2.75, 3.05) is 13.2 Å². The van der Waals surface area contributed by atoms with Crippen LogP contribution < -0.4 is 10.6 Å². The van der Waals surface area contributed by atoms with E-state index in [2.05, 4.69) is 10.1 Å².